The maximum atomic E-state index is 12.4. The smallest absolute Gasteiger partial charge is 0.312 e. The fourth-order valence-corrected chi connectivity index (χ4v) is 3.09. The Morgan fingerprint density at radius 3 is 2.96 bits per heavy atom. The summed E-state index contributed by atoms with van der Waals surface area (Å²) in [5.74, 6) is 0.251. The van der Waals surface area contributed by atoms with Crippen molar-refractivity contribution in [1.29, 1.82) is 0 Å². The number of halogens is 3. The molecule has 8 heteroatoms. The highest BCUT2D eigenvalue weighted by Crippen LogP contribution is 2.23. The minimum absolute atomic E-state index is 0.251. The van der Waals surface area contributed by atoms with Gasteiger partial charge in [-0.25, -0.2) is 0 Å². The molecule has 0 bridgehead atoms. The van der Waals surface area contributed by atoms with Crippen LogP contribution in [0.5, 0.6) is 0 Å². The lowest BCUT2D eigenvalue weighted by Crippen LogP contribution is -2.33. The quantitative estimate of drug-likeness (QED) is 0.849. The van der Waals surface area contributed by atoms with E-state index in [1.165, 1.54) is 4.90 Å². The molecule has 0 radical (unpaired) electrons. The van der Waals surface area contributed by atoms with E-state index in [1.54, 1.807) is 18.6 Å². The molecule has 0 amide bonds. The number of aromatic amines is 1. The molecular formula is C16H20F3N5. The number of rotatable bonds is 6. The number of nitrogens with one attached hydrogen (secondary N) is 2. The van der Waals surface area contributed by atoms with Crippen molar-refractivity contribution < 1.29 is 13.2 Å². The average molecular weight is 339 g/mol. The fourth-order valence-electron chi connectivity index (χ4n) is 3.09. The summed E-state index contributed by atoms with van der Waals surface area (Å²) in [6.45, 7) is 1.52. The predicted octanol–water partition coefficient (Wildman–Crippen LogP) is 2.45. The zero-order chi connectivity index (χ0) is 17.0. The van der Waals surface area contributed by atoms with Gasteiger partial charge in [-0.3, -0.25) is 15.0 Å². The summed E-state index contributed by atoms with van der Waals surface area (Å²) in [7, 11) is 0. The van der Waals surface area contributed by atoms with Crippen molar-refractivity contribution in [1.82, 2.24) is 25.4 Å². The number of pyridine rings is 1. The molecule has 1 atom stereocenters. The van der Waals surface area contributed by atoms with E-state index in [0.29, 0.717) is 26.2 Å². The van der Waals surface area contributed by atoms with Gasteiger partial charge in [-0.1, -0.05) is 0 Å². The number of H-pyrrole nitrogens is 1. The van der Waals surface area contributed by atoms with E-state index in [1.807, 2.05) is 12.1 Å². The van der Waals surface area contributed by atoms with Gasteiger partial charge in [0.2, 0.25) is 0 Å². The highest BCUT2D eigenvalue weighted by atomic mass is 19.4. The Morgan fingerprint density at radius 2 is 2.21 bits per heavy atom. The molecule has 1 aliphatic rings. The van der Waals surface area contributed by atoms with Gasteiger partial charge in [0.25, 0.3) is 0 Å². The Bertz CT molecular complexity index is 641. The molecule has 0 unspecified atom stereocenters. The molecule has 2 aromatic heterocycles. The van der Waals surface area contributed by atoms with Crippen LogP contribution in [0, 0.1) is 5.92 Å². The Labute approximate surface area is 138 Å². The van der Waals surface area contributed by atoms with Crippen molar-refractivity contribution >= 4 is 0 Å². The van der Waals surface area contributed by atoms with Gasteiger partial charge in [-0.05, 0) is 37.6 Å². The van der Waals surface area contributed by atoms with Crippen LogP contribution in [0.15, 0.2) is 30.7 Å². The normalized spacial score (nSPS) is 19.0. The van der Waals surface area contributed by atoms with E-state index in [-0.39, 0.29) is 5.92 Å². The van der Waals surface area contributed by atoms with Gasteiger partial charge in [0.1, 0.15) is 0 Å². The third-order valence-corrected chi connectivity index (χ3v) is 4.19. The minimum atomic E-state index is -4.11. The summed E-state index contributed by atoms with van der Waals surface area (Å²) < 4.78 is 37.2. The molecule has 24 heavy (non-hydrogen) atoms. The monoisotopic (exact) mass is 339 g/mol. The Morgan fingerprint density at radius 1 is 1.33 bits per heavy atom. The van der Waals surface area contributed by atoms with Crippen LogP contribution >= 0.6 is 0 Å². The second-order valence-electron chi connectivity index (χ2n) is 6.15. The third-order valence-electron chi connectivity index (χ3n) is 4.19. The van der Waals surface area contributed by atoms with Crippen molar-refractivity contribution in [2.24, 2.45) is 5.92 Å². The van der Waals surface area contributed by atoms with Crippen molar-refractivity contribution in [3.63, 3.8) is 0 Å². The van der Waals surface area contributed by atoms with Gasteiger partial charge >= 0.3 is 6.18 Å². The number of likely N-dealkylation sites (tertiary alicyclic amines) is 1. The summed E-state index contributed by atoms with van der Waals surface area (Å²) in [6.07, 6.45) is 1.93. The van der Waals surface area contributed by atoms with Crippen molar-refractivity contribution in [3.8, 4) is 11.3 Å². The van der Waals surface area contributed by atoms with Crippen LogP contribution < -0.4 is 5.32 Å². The predicted molar refractivity (Wildman–Crippen MR) is 84.1 cm³/mol. The first-order chi connectivity index (χ1) is 11.5. The Hall–Kier alpha value is -1.93. The molecule has 0 spiro atoms. The first-order valence-electron chi connectivity index (χ1n) is 7.94. The molecule has 2 aromatic rings. The van der Waals surface area contributed by atoms with Gasteiger partial charge in [-0.15, -0.1) is 0 Å². The SMILES string of the molecule is FC(F)(F)CN1CC[C@H](CNCc2cn[nH]c2-c2cccnc2)C1. The summed E-state index contributed by atoms with van der Waals surface area (Å²) in [4.78, 5) is 5.57. The van der Waals surface area contributed by atoms with E-state index >= 15 is 0 Å². The topological polar surface area (TPSA) is 56.8 Å². The standard InChI is InChI=1S/C16H20F3N5/c17-16(18,19)11-24-5-3-12(10-24)6-21-8-14-9-22-23-15(14)13-2-1-4-20-7-13/h1-2,4,7,9,12,21H,3,5-6,8,10-11H2,(H,22,23)/t12-/m1/s1. The van der Waals surface area contributed by atoms with E-state index < -0.39 is 12.7 Å². The molecule has 1 fully saturated rings. The van der Waals surface area contributed by atoms with Crippen LogP contribution in [0.1, 0.15) is 12.0 Å². The van der Waals surface area contributed by atoms with Gasteiger partial charge < -0.3 is 5.32 Å². The highest BCUT2D eigenvalue weighted by molar-refractivity contribution is 5.61. The van der Waals surface area contributed by atoms with E-state index in [2.05, 4.69) is 20.5 Å². The van der Waals surface area contributed by atoms with Crippen molar-refractivity contribution in [2.75, 3.05) is 26.2 Å². The molecule has 0 aromatic carbocycles. The summed E-state index contributed by atoms with van der Waals surface area (Å²) >= 11 is 0. The number of alkyl halides is 3. The maximum Gasteiger partial charge on any atom is 0.401 e. The number of nitrogens with zero attached hydrogens (tertiary/aromatic N) is 3. The molecule has 3 heterocycles. The van der Waals surface area contributed by atoms with Gasteiger partial charge in [0, 0.05) is 36.6 Å². The van der Waals surface area contributed by atoms with Crippen molar-refractivity contribution in [3.05, 3.63) is 36.3 Å². The summed E-state index contributed by atoms with van der Waals surface area (Å²) in [5, 5.41) is 10.4. The minimum Gasteiger partial charge on any atom is -0.312 e. The first kappa shape index (κ1) is 16.9. The zero-order valence-corrected chi connectivity index (χ0v) is 13.2. The van der Waals surface area contributed by atoms with Gasteiger partial charge in [0.15, 0.2) is 0 Å². The van der Waals surface area contributed by atoms with E-state index in [4.69, 9.17) is 0 Å². The fraction of sp³-hybridized carbons (Fsp3) is 0.500. The Balaban J connectivity index is 1.48. The first-order valence-corrected chi connectivity index (χ1v) is 7.94. The lowest BCUT2D eigenvalue weighted by Gasteiger charge is -2.18. The number of aromatic nitrogens is 3. The molecule has 3 rings (SSSR count). The van der Waals surface area contributed by atoms with Crippen LogP contribution in [0.25, 0.3) is 11.3 Å². The molecule has 1 saturated heterocycles. The molecule has 2 N–H and O–H groups in total. The summed E-state index contributed by atoms with van der Waals surface area (Å²) in [5.41, 5.74) is 2.90. The maximum absolute atomic E-state index is 12.4. The number of hydrogen-bond donors (Lipinski definition) is 2. The van der Waals surface area contributed by atoms with Crippen LogP contribution in [-0.2, 0) is 6.54 Å². The Kier molecular flexibility index (Phi) is 5.15. The van der Waals surface area contributed by atoms with Crippen molar-refractivity contribution in [2.45, 2.75) is 19.1 Å². The highest BCUT2D eigenvalue weighted by Gasteiger charge is 2.34. The molecule has 0 aliphatic carbocycles. The molecule has 5 nitrogen and oxygen atoms in total. The van der Waals surface area contributed by atoms with Crippen LogP contribution in [0.2, 0.25) is 0 Å². The lowest BCUT2D eigenvalue weighted by atomic mass is 10.1. The molecule has 130 valence electrons. The number of hydrogen-bond acceptors (Lipinski definition) is 4. The van der Waals surface area contributed by atoms with Crippen LogP contribution in [-0.4, -0.2) is 52.4 Å². The van der Waals surface area contributed by atoms with E-state index in [0.717, 1.165) is 23.2 Å². The summed E-state index contributed by atoms with van der Waals surface area (Å²) in [6, 6.07) is 3.82. The second kappa shape index (κ2) is 7.31. The molecule has 0 saturated carbocycles. The third kappa shape index (κ3) is 4.55. The van der Waals surface area contributed by atoms with Crippen LogP contribution in [0.3, 0.4) is 0 Å². The van der Waals surface area contributed by atoms with Gasteiger partial charge in [0.05, 0.1) is 18.4 Å². The molecular weight excluding hydrogens is 319 g/mol. The van der Waals surface area contributed by atoms with E-state index in [9.17, 15) is 13.2 Å². The molecule has 1 aliphatic heterocycles. The van der Waals surface area contributed by atoms with Crippen LogP contribution in [0.4, 0.5) is 13.2 Å². The second-order valence-corrected chi connectivity index (χ2v) is 6.15. The lowest BCUT2D eigenvalue weighted by molar-refractivity contribution is -0.143. The largest absolute Gasteiger partial charge is 0.401 e. The average Bonchev–Trinajstić information content (AvgIpc) is 3.16. The van der Waals surface area contributed by atoms with Gasteiger partial charge in [-0.2, -0.15) is 18.3 Å². The zero-order valence-electron chi connectivity index (χ0n) is 13.2.